The van der Waals surface area contributed by atoms with Crippen molar-refractivity contribution in [1.82, 2.24) is 20.3 Å². The summed E-state index contributed by atoms with van der Waals surface area (Å²) in [4.78, 5) is 13.7. The first-order valence-corrected chi connectivity index (χ1v) is 9.18. The second-order valence-corrected chi connectivity index (χ2v) is 6.66. The van der Waals surface area contributed by atoms with Gasteiger partial charge in [0.05, 0.1) is 5.69 Å². The van der Waals surface area contributed by atoms with E-state index in [1.807, 2.05) is 36.4 Å². The van der Waals surface area contributed by atoms with Crippen LogP contribution < -0.4 is 10.6 Å². The van der Waals surface area contributed by atoms with Gasteiger partial charge in [-0.1, -0.05) is 30.3 Å². The Hall–Kier alpha value is -2.79. The van der Waals surface area contributed by atoms with Crippen LogP contribution in [-0.4, -0.2) is 34.6 Å². The molecule has 3 aromatic rings. The van der Waals surface area contributed by atoms with E-state index in [9.17, 15) is 0 Å². The first-order chi connectivity index (χ1) is 12.9. The number of hydrogen-bond donors (Lipinski definition) is 2. The first kappa shape index (κ1) is 16.7. The maximum atomic E-state index is 4.77. The highest BCUT2D eigenvalue weighted by Crippen LogP contribution is 2.24. The third-order valence-corrected chi connectivity index (χ3v) is 4.69. The Bertz CT molecular complexity index is 772. The fourth-order valence-corrected chi connectivity index (χ4v) is 3.27. The summed E-state index contributed by atoms with van der Waals surface area (Å²) in [6.07, 6.45) is 6.07. The second-order valence-electron chi connectivity index (χ2n) is 6.66. The van der Waals surface area contributed by atoms with Gasteiger partial charge in [0.2, 0.25) is 0 Å². The van der Waals surface area contributed by atoms with Gasteiger partial charge in [0.15, 0.2) is 5.82 Å². The van der Waals surface area contributed by atoms with Crippen LogP contribution in [0.3, 0.4) is 0 Å². The number of anilines is 1. The van der Waals surface area contributed by atoms with E-state index < -0.39 is 0 Å². The second kappa shape index (κ2) is 8.06. The van der Waals surface area contributed by atoms with Crippen LogP contribution in [0.15, 0.2) is 60.9 Å². The Morgan fingerprint density at radius 3 is 2.69 bits per heavy atom. The highest BCUT2D eigenvalue weighted by molar-refractivity contribution is 5.67. The average Bonchev–Trinajstić information content (AvgIpc) is 2.74. The molecule has 0 saturated carbocycles. The van der Waals surface area contributed by atoms with Crippen molar-refractivity contribution in [3.05, 3.63) is 60.9 Å². The Balaban J connectivity index is 1.64. The highest BCUT2D eigenvalue weighted by Gasteiger charge is 2.14. The molecule has 2 aromatic heterocycles. The molecule has 2 N–H and O–H groups in total. The van der Waals surface area contributed by atoms with Crippen molar-refractivity contribution in [1.29, 1.82) is 0 Å². The molecule has 0 spiro atoms. The molecular weight excluding hydrogens is 322 g/mol. The van der Waals surface area contributed by atoms with E-state index in [0.29, 0.717) is 11.7 Å². The minimum atomic E-state index is 0.640. The maximum Gasteiger partial charge on any atom is 0.163 e. The van der Waals surface area contributed by atoms with Gasteiger partial charge in [-0.15, -0.1) is 0 Å². The molecule has 1 unspecified atom stereocenters. The maximum absolute atomic E-state index is 4.77. The number of hydrogen-bond acceptors (Lipinski definition) is 5. The van der Waals surface area contributed by atoms with Crippen molar-refractivity contribution >= 4 is 5.82 Å². The lowest BCUT2D eigenvalue weighted by Gasteiger charge is -2.23. The van der Waals surface area contributed by atoms with Gasteiger partial charge in [0, 0.05) is 36.1 Å². The molecule has 0 amide bonds. The van der Waals surface area contributed by atoms with Gasteiger partial charge in [-0.05, 0) is 44.0 Å². The summed E-state index contributed by atoms with van der Waals surface area (Å²) in [5.74, 6) is 2.20. The Morgan fingerprint density at radius 2 is 1.92 bits per heavy atom. The number of benzene rings is 1. The van der Waals surface area contributed by atoms with E-state index in [1.165, 1.54) is 12.8 Å². The molecular formula is C21H23N5. The van der Waals surface area contributed by atoms with Crippen LogP contribution in [0.25, 0.3) is 22.6 Å². The van der Waals surface area contributed by atoms with Crippen molar-refractivity contribution < 1.29 is 0 Å². The molecule has 1 aliphatic rings. The Kier molecular flexibility index (Phi) is 5.17. The van der Waals surface area contributed by atoms with Crippen LogP contribution in [0.1, 0.15) is 12.8 Å². The van der Waals surface area contributed by atoms with Gasteiger partial charge in [0.25, 0.3) is 0 Å². The minimum absolute atomic E-state index is 0.640. The van der Waals surface area contributed by atoms with Gasteiger partial charge in [0.1, 0.15) is 5.82 Å². The zero-order valence-electron chi connectivity index (χ0n) is 14.7. The van der Waals surface area contributed by atoms with E-state index in [0.717, 1.165) is 42.3 Å². The Labute approximate surface area is 153 Å². The number of aromatic nitrogens is 3. The fourth-order valence-electron chi connectivity index (χ4n) is 3.27. The summed E-state index contributed by atoms with van der Waals surface area (Å²) >= 11 is 0. The molecule has 132 valence electrons. The molecule has 3 heterocycles. The van der Waals surface area contributed by atoms with Crippen molar-refractivity contribution in [2.24, 2.45) is 5.92 Å². The normalized spacial score (nSPS) is 17.0. The summed E-state index contributed by atoms with van der Waals surface area (Å²) in [6, 6.07) is 16.2. The molecule has 1 fully saturated rings. The quantitative estimate of drug-likeness (QED) is 0.739. The van der Waals surface area contributed by atoms with E-state index in [2.05, 4.69) is 27.8 Å². The summed E-state index contributed by atoms with van der Waals surface area (Å²) in [5, 5.41) is 6.99. The minimum Gasteiger partial charge on any atom is -0.370 e. The molecule has 5 nitrogen and oxygen atoms in total. The lowest BCUT2D eigenvalue weighted by Crippen LogP contribution is -2.33. The highest BCUT2D eigenvalue weighted by atomic mass is 15.0. The summed E-state index contributed by atoms with van der Waals surface area (Å²) in [7, 11) is 0. The third kappa shape index (κ3) is 4.06. The topological polar surface area (TPSA) is 62.7 Å². The predicted octanol–water partition coefficient (Wildman–Crippen LogP) is 3.62. The van der Waals surface area contributed by atoms with E-state index >= 15 is 0 Å². The smallest absolute Gasteiger partial charge is 0.163 e. The Morgan fingerprint density at radius 1 is 1.04 bits per heavy atom. The molecule has 26 heavy (non-hydrogen) atoms. The lowest BCUT2D eigenvalue weighted by molar-refractivity contribution is 0.392. The van der Waals surface area contributed by atoms with Gasteiger partial charge < -0.3 is 10.6 Å². The molecule has 5 heteroatoms. The van der Waals surface area contributed by atoms with Crippen LogP contribution in [0.2, 0.25) is 0 Å². The monoisotopic (exact) mass is 345 g/mol. The van der Waals surface area contributed by atoms with Crippen LogP contribution in [0.5, 0.6) is 0 Å². The summed E-state index contributed by atoms with van der Waals surface area (Å²) < 4.78 is 0. The van der Waals surface area contributed by atoms with Crippen molar-refractivity contribution in [2.45, 2.75) is 12.8 Å². The predicted molar refractivity (Wildman–Crippen MR) is 105 cm³/mol. The van der Waals surface area contributed by atoms with Crippen molar-refractivity contribution in [3.63, 3.8) is 0 Å². The van der Waals surface area contributed by atoms with Crippen LogP contribution in [-0.2, 0) is 0 Å². The molecule has 1 aromatic carbocycles. The molecule has 0 aliphatic carbocycles. The first-order valence-electron chi connectivity index (χ1n) is 9.18. The number of nitrogens with zero attached hydrogens (tertiary/aromatic N) is 3. The van der Waals surface area contributed by atoms with Crippen LogP contribution in [0.4, 0.5) is 5.82 Å². The van der Waals surface area contributed by atoms with Gasteiger partial charge >= 0.3 is 0 Å². The molecule has 1 saturated heterocycles. The third-order valence-electron chi connectivity index (χ3n) is 4.69. The number of piperidine rings is 1. The van der Waals surface area contributed by atoms with Crippen LogP contribution in [0, 0.1) is 5.92 Å². The van der Waals surface area contributed by atoms with Crippen molar-refractivity contribution in [3.8, 4) is 22.6 Å². The van der Waals surface area contributed by atoms with Gasteiger partial charge in [-0.2, -0.15) is 0 Å². The number of nitrogens with one attached hydrogen (secondary N) is 2. The summed E-state index contributed by atoms with van der Waals surface area (Å²) in [6.45, 7) is 3.12. The average molecular weight is 345 g/mol. The lowest BCUT2D eigenvalue weighted by atomic mass is 10.00. The molecule has 4 rings (SSSR count). The van der Waals surface area contributed by atoms with E-state index in [1.54, 1.807) is 12.4 Å². The largest absolute Gasteiger partial charge is 0.370 e. The zero-order chi connectivity index (χ0) is 17.6. The van der Waals surface area contributed by atoms with Crippen LogP contribution >= 0.6 is 0 Å². The standard InChI is InChI=1S/C21H23N5/c1-2-7-17(8-3-1)19-12-20(24-14-16-6-4-10-22-13-16)26-21(25-19)18-9-5-11-23-15-18/h1-3,5,7-9,11-12,15-16,22H,4,6,10,13-14H2,(H,24,25,26). The fraction of sp³-hybridized carbons (Fsp3) is 0.286. The van der Waals surface area contributed by atoms with Gasteiger partial charge in [-0.25, -0.2) is 9.97 Å². The van der Waals surface area contributed by atoms with E-state index in [-0.39, 0.29) is 0 Å². The zero-order valence-corrected chi connectivity index (χ0v) is 14.7. The number of rotatable bonds is 5. The van der Waals surface area contributed by atoms with Gasteiger partial charge in [-0.3, -0.25) is 4.98 Å². The molecule has 0 bridgehead atoms. The van der Waals surface area contributed by atoms with Crippen molar-refractivity contribution in [2.75, 3.05) is 25.0 Å². The SMILES string of the molecule is c1ccc(-c2cc(NCC3CCCNC3)nc(-c3cccnc3)n2)cc1. The molecule has 1 aliphatic heterocycles. The van der Waals surface area contributed by atoms with E-state index in [4.69, 9.17) is 9.97 Å². The molecule has 0 radical (unpaired) electrons. The summed E-state index contributed by atoms with van der Waals surface area (Å²) in [5.41, 5.74) is 2.93. The molecule has 1 atom stereocenters. The number of pyridine rings is 1.